The van der Waals surface area contributed by atoms with Crippen molar-refractivity contribution in [3.63, 3.8) is 0 Å². The minimum Gasteiger partial charge on any atom is -0.334 e. The molecule has 20 heavy (non-hydrogen) atoms. The lowest BCUT2D eigenvalue weighted by Gasteiger charge is -2.19. The van der Waals surface area contributed by atoms with Crippen LogP contribution in [0.3, 0.4) is 0 Å². The minimum atomic E-state index is -3.48. The van der Waals surface area contributed by atoms with Crippen LogP contribution >= 0.6 is 15.9 Å². The van der Waals surface area contributed by atoms with Crippen LogP contribution in [-0.2, 0) is 16.6 Å². The number of hydrogen-bond acceptors (Lipinski definition) is 3. The Bertz CT molecular complexity index is 514. The van der Waals surface area contributed by atoms with Gasteiger partial charge in [-0.15, -0.1) is 0 Å². The third-order valence-corrected chi connectivity index (χ3v) is 5.24. The molecule has 0 fully saturated rings. The van der Waals surface area contributed by atoms with Crippen LogP contribution in [-0.4, -0.2) is 40.7 Å². The summed E-state index contributed by atoms with van der Waals surface area (Å²) in [5, 5.41) is 0.797. The van der Waals surface area contributed by atoms with Crippen LogP contribution in [0.2, 0.25) is 0 Å². The lowest BCUT2D eigenvalue weighted by molar-refractivity contribution is 0.420. The Morgan fingerprint density at radius 2 is 2.00 bits per heavy atom. The Morgan fingerprint density at radius 1 is 1.30 bits per heavy atom. The SMILES string of the molecule is CCCCN(CCBr)S(=O)(=O)c1cn(CCC)c(C)n1. The van der Waals surface area contributed by atoms with E-state index in [9.17, 15) is 8.42 Å². The van der Waals surface area contributed by atoms with E-state index in [-0.39, 0.29) is 5.03 Å². The molecule has 116 valence electrons. The number of rotatable bonds is 9. The molecule has 0 saturated carbocycles. The second kappa shape index (κ2) is 8.14. The van der Waals surface area contributed by atoms with Crippen molar-refractivity contribution in [3.8, 4) is 0 Å². The smallest absolute Gasteiger partial charge is 0.262 e. The van der Waals surface area contributed by atoms with Gasteiger partial charge in [0.05, 0.1) is 0 Å². The van der Waals surface area contributed by atoms with Gasteiger partial charge in [0, 0.05) is 31.2 Å². The highest BCUT2D eigenvalue weighted by Crippen LogP contribution is 2.16. The van der Waals surface area contributed by atoms with Crippen LogP contribution in [0.5, 0.6) is 0 Å². The molecular formula is C13H24BrN3O2S. The monoisotopic (exact) mass is 365 g/mol. The maximum atomic E-state index is 12.6. The van der Waals surface area contributed by atoms with Gasteiger partial charge in [-0.2, -0.15) is 4.31 Å². The number of nitrogens with zero attached hydrogens (tertiary/aromatic N) is 3. The summed E-state index contributed by atoms with van der Waals surface area (Å²) in [6.07, 6.45) is 4.44. The van der Waals surface area contributed by atoms with Crippen LogP contribution in [0.1, 0.15) is 38.9 Å². The lowest BCUT2D eigenvalue weighted by Crippen LogP contribution is -2.33. The number of alkyl halides is 1. The largest absolute Gasteiger partial charge is 0.334 e. The van der Waals surface area contributed by atoms with E-state index in [1.807, 2.05) is 11.5 Å². The summed E-state index contributed by atoms with van der Waals surface area (Å²) < 4.78 is 28.7. The van der Waals surface area contributed by atoms with Gasteiger partial charge in [-0.25, -0.2) is 13.4 Å². The average Bonchev–Trinajstić information content (AvgIpc) is 2.77. The Kier molecular flexibility index (Phi) is 7.19. The zero-order chi connectivity index (χ0) is 15.2. The molecule has 0 N–H and O–H groups in total. The van der Waals surface area contributed by atoms with Crippen molar-refractivity contribution >= 4 is 26.0 Å². The average molecular weight is 366 g/mol. The van der Waals surface area contributed by atoms with Crippen molar-refractivity contribution in [2.75, 3.05) is 18.4 Å². The normalized spacial score (nSPS) is 12.2. The molecule has 0 aromatic carbocycles. The summed E-state index contributed by atoms with van der Waals surface area (Å²) in [6.45, 7) is 7.77. The van der Waals surface area contributed by atoms with E-state index in [1.165, 1.54) is 4.31 Å². The van der Waals surface area contributed by atoms with E-state index in [0.717, 1.165) is 31.6 Å². The van der Waals surface area contributed by atoms with E-state index in [1.54, 1.807) is 6.20 Å². The molecule has 0 bridgehead atoms. The molecule has 0 spiro atoms. The van der Waals surface area contributed by atoms with Crippen LogP contribution in [0.15, 0.2) is 11.2 Å². The lowest BCUT2D eigenvalue weighted by atomic mass is 10.3. The summed E-state index contributed by atoms with van der Waals surface area (Å²) in [5.74, 6) is 0.750. The Labute approximate surface area is 130 Å². The molecule has 0 amide bonds. The van der Waals surface area contributed by atoms with Gasteiger partial charge < -0.3 is 4.57 Å². The van der Waals surface area contributed by atoms with Crippen molar-refractivity contribution < 1.29 is 8.42 Å². The highest BCUT2D eigenvalue weighted by Gasteiger charge is 2.26. The summed E-state index contributed by atoms with van der Waals surface area (Å²) in [5.41, 5.74) is 0. The molecule has 0 radical (unpaired) electrons. The number of imidazole rings is 1. The van der Waals surface area contributed by atoms with E-state index >= 15 is 0 Å². The number of hydrogen-bond donors (Lipinski definition) is 0. The zero-order valence-corrected chi connectivity index (χ0v) is 14.9. The molecule has 0 aliphatic heterocycles. The maximum Gasteiger partial charge on any atom is 0.262 e. The molecular weight excluding hydrogens is 342 g/mol. The molecule has 0 unspecified atom stereocenters. The number of sulfonamides is 1. The first-order valence-electron chi connectivity index (χ1n) is 7.07. The maximum absolute atomic E-state index is 12.6. The summed E-state index contributed by atoms with van der Waals surface area (Å²) in [4.78, 5) is 4.23. The number of aryl methyl sites for hydroxylation is 2. The topological polar surface area (TPSA) is 55.2 Å². The van der Waals surface area contributed by atoms with Gasteiger partial charge >= 0.3 is 0 Å². The number of unbranched alkanes of at least 4 members (excludes halogenated alkanes) is 1. The van der Waals surface area contributed by atoms with E-state index < -0.39 is 10.0 Å². The summed E-state index contributed by atoms with van der Waals surface area (Å²) >= 11 is 3.32. The van der Waals surface area contributed by atoms with Crippen molar-refractivity contribution in [3.05, 3.63) is 12.0 Å². The van der Waals surface area contributed by atoms with E-state index in [2.05, 4.69) is 34.8 Å². The van der Waals surface area contributed by atoms with E-state index in [4.69, 9.17) is 0 Å². The first-order chi connectivity index (χ1) is 9.47. The highest BCUT2D eigenvalue weighted by molar-refractivity contribution is 9.09. The van der Waals surface area contributed by atoms with Crippen molar-refractivity contribution in [1.82, 2.24) is 13.9 Å². The van der Waals surface area contributed by atoms with Gasteiger partial charge in [-0.05, 0) is 19.8 Å². The Balaban J connectivity index is 3.02. The second-order valence-electron chi connectivity index (χ2n) is 4.77. The summed E-state index contributed by atoms with van der Waals surface area (Å²) in [6, 6.07) is 0. The quantitative estimate of drug-likeness (QED) is 0.632. The predicted molar refractivity (Wildman–Crippen MR) is 84.7 cm³/mol. The zero-order valence-electron chi connectivity index (χ0n) is 12.5. The fraction of sp³-hybridized carbons (Fsp3) is 0.769. The second-order valence-corrected chi connectivity index (χ2v) is 7.44. The standard InChI is InChI=1S/C13H24BrN3O2S/c1-4-6-9-17(10-7-14)20(18,19)13-11-16(8-5-2)12(3)15-13/h11H,4-10H2,1-3H3. The molecule has 1 aromatic rings. The molecule has 1 aromatic heterocycles. The molecule has 0 aliphatic rings. The van der Waals surface area contributed by atoms with Crippen LogP contribution in [0, 0.1) is 6.92 Å². The van der Waals surface area contributed by atoms with Gasteiger partial charge in [0.15, 0.2) is 5.03 Å². The van der Waals surface area contributed by atoms with Crippen LogP contribution in [0.25, 0.3) is 0 Å². The number of aromatic nitrogens is 2. The molecule has 1 rings (SSSR count). The van der Waals surface area contributed by atoms with Gasteiger partial charge in [0.2, 0.25) is 0 Å². The Morgan fingerprint density at radius 3 is 2.55 bits per heavy atom. The molecule has 0 atom stereocenters. The predicted octanol–water partition coefficient (Wildman–Crippen LogP) is 2.79. The molecule has 0 aliphatic carbocycles. The van der Waals surface area contributed by atoms with Gasteiger partial charge in [0.25, 0.3) is 10.0 Å². The van der Waals surface area contributed by atoms with Crippen molar-refractivity contribution in [1.29, 1.82) is 0 Å². The third kappa shape index (κ3) is 4.30. The fourth-order valence-corrected chi connectivity index (χ4v) is 4.12. The third-order valence-electron chi connectivity index (χ3n) is 3.12. The van der Waals surface area contributed by atoms with Crippen molar-refractivity contribution in [2.24, 2.45) is 0 Å². The van der Waals surface area contributed by atoms with Crippen molar-refractivity contribution in [2.45, 2.75) is 51.6 Å². The van der Waals surface area contributed by atoms with Gasteiger partial charge in [0.1, 0.15) is 5.82 Å². The van der Waals surface area contributed by atoms with Gasteiger partial charge in [-0.1, -0.05) is 36.2 Å². The fourth-order valence-electron chi connectivity index (χ4n) is 1.98. The highest BCUT2D eigenvalue weighted by atomic mass is 79.9. The summed E-state index contributed by atoms with van der Waals surface area (Å²) in [7, 11) is -3.48. The first kappa shape index (κ1) is 17.7. The van der Waals surface area contributed by atoms with Crippen LogP contribution < -0.4 is 0 Å². The van der Waals surface area contributed by atoms with Crippen LogP contribution in [0.4, 0.5) is 0 Å². The first-order valence-corrected chi connectivity index (χ1v) is 9.63. The molecule has 7 heteroatoms. The van der Waals surface area contributed by atoms with Gasteiger partial charge in [-0.3, -0.25) is 0 Å². The molecule has 5 nitrogen and oxygen atoms in total. The molecule has 1 heterocycles. The number of halogens is 1. The minimum absolute atomic E-state index is 0.167. The van der Waals surface area contributed by atoms with E-state index in [0.29, 0.717) is 18.4 Å². The Hall–Kier alpha value is -0.400. The molecule has 0 saturated heterocycles.